The van der Waals surface area contributed by atoms with Gasteiger partial charge in [0.1, 0.15) is 10.0 Å². The van der Waals surface area contributed by atoms with E-state index < -0.39 is 0 Å². The molecule has 0 fully saturated rings. The fourth-order valence-electron chi connectivity index (χ4n) is 1.51. The maximum absolute atomic E-state index is 5.67. The molecule has 2 rings (SSSR count). The van der Waals surface area contributed by atoms with Crippen molar-refractivity contribution in [3.63, 3.8) is 0 Å². The number of nitrogens with zero attached hydrogens (tertiary/aromatic N) is 2. The summed E-state index contributed by atoms with van der Waals surface area (Å²) < 4.78 is 1.07. The average Bonchev–Trinajstić information content (AvgIpc) is 2.78. The minimum absolute atomic E-state index is 0.671. The first-order valence-electron chi connectivity index (χ1n) is 5.35. The van der Waals surface area contributed by atoms with Crippen molar-refractivity contribution in [2.75, 3.05) is 5.88 Å². The molecule has 2 nitrogen and oxygen atoms in total. The lowest BCUT2D eigenvalue weighted by Gasteiger charge is -2.01. The molecule has 5 heteroatoms. The molecule has 1 heterocycles. The van der Waals surface area contributed by atoms with Crippen LogP contribution in [0, 0.1) is 6.92 Å². The van der Waals surface area contributed by atoms with Crippen LogP contribution in [0.2, 0.25) is 0 Å². The number of benzene rings is 1. The van der Waals surface area contributed by atoms with E-state index in [1.807, 2.05) is 6.07 Å². The van der Waals surface area contributed by atoms with Crippen molar-refractivity contribution in [3.05, 3.63) is 33.2 Å². The molecule has 1 aromatic heterocycles. The van der Waals surface area contributed by atoms with Crippen LogP contribution in [0.3, 0.4) is 0 Å². The van der Waals surface area contributed by atoms with Crippen LogP contribution in [0.4, 0.5) is 0 Å². The zero-order valence-electron chi connectivity index (χ0n) is 9.41. The fourth-order valence-corrected chi connectivity index (χ4v) is 2.96. The lowest BCUT2D eigenvalue weighted by atomic mass is 10.1. The molecule has 0 spiro atoms. The molecule has 17 heavy (non-hydrogen) atoms. The molecule has 0 aliphatic rings. The normalized spacial score (nSPS) is 10.8. The van der Waals surface area contributed by atoms with Gasteiger partial charge in [0.15, 0.2) is 0 Å². The Bertz CT molecular complexity index is 513. The van der Waals surface area contributed by atoms with Crippen LogP contribution in [-0.2, 0) is 6.42 Å². The minimum atomic E-state index is 0.671. The smallest absolute Gasteiger partial charge is 0.143 e. The topological polar surface area (TPSA) is 25.8 Å². The average molecular weight is 332 g/mol. The highest BCUT2D eigenvalue weighted by Gasteiger charge is 2.09. The number of hydrogen-bond acceptors (Lipinski definition) is 3. The second-order valence-electron chi connectivity index (χ2n) is 3.75. The second kappa shape index (κ2) is 5.94. The monoisotopic (exact) mass is 330 g/mol. The third-order valence-corrected chi connectivity index (χ3v) is 4.20. The third kappa shape index (κ3) is 3.27. The van der Waals surface area contributed by atoms with E-state index in [1.165, 1.54) is 5.56 Å². The summed E-state index contributed by atoms with van der Waals surface area (Å²) in [6, 6.07) is 6.20. The summed E-state index contributed by atoms with van der Waals surface area (Å²) in [5.74, 6) is 0.671. The second-order valence-corrected chi connectivity index (χ2v) is 6.11. The van der Waals surface area contributed by atoms with Crippen molar-refractivity contribution in [2.45, 2.75) is 19.8 Å². The predicted octanol–water partition coefficient (Wildman–Crippen LogP) is 4.45. The lowest BCUT2D eigenvalue weighted by Crippen LogP contribution is -1.84. The first-order chi connectivity index (χ1) is 8.20. The van der Waals surface area contributed by atoms with E-state index in [0.29, 0.717) is 5.88 Å². The van der Waals surface area contributed by atoms with E-state index >= 15 is 0 Å². The molecule has 0 saturated carbocycles. The number of alkyl halides is 1. The summed E-state index contributed by atoms with van der Waals surface area (Å²) >= 11 is 10.8. The maximum Gasteiger partial charge on any atom is 0.148 e. The zero-order valence-corrected chi connectivity index (χ0v) is 12.6. The molecule has 0 saturated heterocycles. The van der Waals surface area contributed by atoms with Gasteiger partial charge in [-0.3, -0.25) is 0 Å². The lowest BCUT2D eigenvalue weighted by molar-refractivity contribution is 0.884. The molecule has 0 aliphatic heterocycles. The Morgan fingerprint density at radius 3 is 2.94 bits per heavy atom. The van der Waals surface area contributed by atoms with Crippen molar-refractivity contribution in [3.8, 4) is 10.6 Å². The molecular formula is C12H12BrClN2S. The van der Waals surface area contributed by atoms with Crippen LogP contribution in [0.5, 0.6) is 0 Å². The van der Waals surface area contributed by atoms with Crippen LogP contribution < -0.4 is 0 Å². The molecule has 0 unspecified atom stereocenters. The van der Waals surface area contributed by atoms with Gasteiger partial charge in [0.2, 0.25) is 0 Å². The van der Waals surface area contributed by atoms with Crippen LogP contribution in [0.1, 0.15) is 17.0 Å². The Morgan fingerprint density at radius 2 is 2.18 bits per heavy atom. The summed E-state index contributed by atoms with van der Waals surface area (Å²) in [4.78, 5) is 0. The van der Waals surface area contributed by atoms with Crippen molar-refractivity contribution in [2.24, 2.45) is 0 Å². The van der Waals surface area contributed by atoms with Gasteiger partial charge in [-0.2, -0.15) is 0 Å². The van der Waals surface area contributed by atoms with Crippen LogP contribution in [0.15, 0.2) is 22.7 Å². The number of halogens is 2. The van der Waals surface area contributed by atoms with E-state index in [1.54, 1.807) is 11.3 Å². The van der Waals surface area contributed by atoms with E-state index in [0.717, 1.165) is 32.9 Å². The minimum Gasteiger partial charge on any atom is -0.143 e. The van der Waals surface area contributed by atoms with Gasteiger partial charge in [-0.25, -0.2) is 0 Å². The molecule has 0 aliphatic carbocycles. The number of hydrogen-bond donors (Lipinski definition) is 0. The third-order valence-electron chi connectivity index (χ3n) is 2.42. The first-order valence-corrected chi connectivity index (χ1v) is 7.50. The van der Waals surface area contributed by atoms with Gasteiger partial charge >= 0.3 is 0 Å². The van der Waals surface area contributed by atoms with Gasteiger partial charge < -0.3 is 0 Å². The summed E-state index contributed by atoms with van der Waals surface area (Å²) in [5, 5.41) is 10.5. The van der Waals surface area contributed by atoms with E-state index in [4.69, 9.17) is 11.6 Å². The SMILES string of the molecule is Cc1ccc(Br)cc1-c1nnc(CCCCl)s1. The van der Waals surface area contributed by atoms with Crippen LogP contribution >= 0.6 is 38.9 Å². The van der Waals surface area contributed by atoms with Gasteiger partial charge in [-0.1, -0.05) is 33.3 Å². The molecule has 0 N–H and O–H groups in total. The molecule has 2 aromatic rings. The Labute approximate surface area is 118 Å². The highest BCUT2D eigenvalue weighted by molar-refractivity contribution is 9.10. The summed E-state index contributed by atoms with van der Waals surface area (Å²) in [7, 11) is 0. The zero-order chi connectivity index (χ0) is 12.3. The summed E-state index contributed by atoms with van der Waals surface area (Å²) in [6.45, 7) is 2.08. The van der Waals surface area contributed by atoms with Crippen molar-refractivity contribution < 1.29 is 0 Å². The largest absolute Gasteiger partial charge is 0.148 e. The fraction of sp³-hybridized carbons (Fsp3) is 0.333. The van der Waals surface area contributed by atoms with E-state index in [2.05, 4.69) is 45.2 Å². The first kappa shape index (κ1) is 13.0. The van der Waals surface area contributed by atoms with Crippen molar-refractivity contribution in [1.82, 2.24) is 10.2 Å². The number of aryl methyl sites for hydroxylation is 2. The quantitative estimate of drug-likeness (QED) is 0.774. The Morgan fingerprint density at radius 1 is 1.35 bits per heavy atom. The molecule has 1 aromatic carbocycles. The Hall–Kier alpha value is -0.450. The van der Waals surface area contributed by atoms with Gasteiger partial charge in [0.05, 0.1) is 0 Å². The highest BCUT2D eigenvalue weighted by atomic mass is 79.9. The molecule has 0 amide bonds. The molecular weight excluding hydrogens is 320 g/mol. The van der Waals surface area contributed by atoms with Crippen LogP contribution in [-0.4, -0.2) is 16.1 Å². The molecule has 0 atom stereocenters. The molecule has 0 radical (unpaired) electrons. The van der Waals surface area contributed by atoms with Gasteiger partial charge in [-0.05, 0) is 31.0 Å². The molecule has 0 bridgehead atoms. The predicted molar refractivity (Wildman–Crippen MR) is 76.8 cm³/mol. The highest BCUT2D eigenvalue weighted by Crippen LogP contribution is 2.29. The number of rotatable bonds is 4. The van der Waals surface area contributed by atoms with Crippen molar-refractivity contribution in [1.29, 1.82) is 0 Å². The molecule has 90 valence electrons. The Balaban J connectivity index is 2.27. The number of aromatic nitrogens is 2. The Kier molecular flexibility index (Phi) is 4.54. The standard InChI is InChI=1S/C12H12BrClN2S/c1-8-4-5-9(13)7-10(8)12-16-15-11(17-12)3-2-6-14/h4-5,7H,2-3,6H2,1H3. The van der Waals surface area contributed by atoms with Gasteiger partial charge in [0.25, 0.3) is 0 Å². The van der Waals surface area contributed by atoms with Gasteiger partial charge in [-0.15, -0.1) is 21.8 Å². The van der Waals surface area contributed by atoms with Crippen molar-refractivity contribution >= 4 is 38.9 Å². The van der Waals surface area contributed by atoms with E-state index in [9.17, 15) is 0 Å². The van der Waals surface area contributed by atoms with Crippen LogP contribution in [0.25, 0.3) is 10.6 Å². The van der Waals surface area contributed by atoms with E-state index in [-0.39, 0.29) is 0 Å². The summed E-state index contributed by atoms with van der Waals surface area (Å²) in [5.41, 5.74) is 2.36. The maximum atomic E-state index is 5.67. The summed E-state index contributed by atoms with van der Waals surface area (Å²) in [6.07, 6.45) is 1.86. The van der Waals surface area contributed by atoms with Gasteiger partial charge in [0, 0.05) is 22.3 Å².